The van der Waals surface area contributed by atoms with Crippen molar-refractivity contribution in [1.29, 1.82) is 0 Å². The molecule has 0 amide bonds. The molecule has 7 nitrogen and oxygen atoms in total. The highest BCUT2D eigenvalue weighted by atomic mass is 127. The van der Waals surface area contributed by atoms with Crippen LogP contribution in [0.2, 0.25) is 0 Å². The minimum atomic E-state index is -0.0219. The predicted molar refractivity (Wildman–Crippen MR) is 106 cm³/mol. The highest BCUT2D eigenvalue weighted by Gasteiger charge is 2.47. The smallest absolute Gasteiger partial charge is 0.212 e. The molecule has 2 aromatic heterocycles. The van der Waals surface area contributed by atoms with E-state index in [2.05, 4.69) is 48.7 Å². The number of anilines is 1. The normalized spacial score (nSPS) is 21.5. The third kappa shape index (κ3) is 2.24. The fourth-order valence-corrected chi connectivity index (χ4v) is 5.03. The Morgan fingerprint density at radius 2 is 2.08 bits per heavy atom. The number of hydrogen-bond acceptors (Lipinski definition) is 6. The summed E-state index contributed by atoms with van der Waals surface area (Å²) in [4.78, 5) is 6.91. The number of hydrogen-bond donors (Lipinski definition) is 2. The predicted octanol–water partition coefficient (Wildman–Crippen LogP) is 2.28. The van der Waals surface area contributed by atoms with Gasteiger partial charge in [-0.1, -0.05) is 12.1 Å². The molecule has 5 rings (SSSR count). The fourth-order valence-electron chi connectivity index (χ4n) is 4.52. The minimum Gasteiger partial charge on any atom is -0.508 e. The topological polar surface area (TPSA) is 92.6 Å². The molecule has 1 aromatic carbocycles. The fraction of sp³-hybridized carbons (Fsp3) is 0.389. The zero-order valence-electron chi connectivity index (χ0n) is 14.1. The second-order valence-electron chi connectivity index (χ2n) is 7.28. The summed E-state index contributed by atoms with van der Waals surface area (Å²) in [6.45, 7) is 1.76. The van der Waals surface area contributed by atoms with E-state index >= 15 is 0 Å². The lowest BCUT2D eigenvalue weighted by molar-refractivity contribution is 0.186. The number of phenols is 1. The van der Waals surface area contributed by atoms with Crippen LogP contribution in [0.3, 0.4) is 0 Å². The molecule has 0 radical (unpaired) electrons. The van der Waals surface area contributed by atoms with Crippen LogP contribution in [0, 0.1) is 8.99 Å². The standard InChI is InChI=1S/C18H19IN6O/c19-13-9-21-17(25-10-22-23-16(13)25)24-6-4-18(5-7-24)8-12-11(15(18)20)2-1-3-14(12)26/h1-3,9-10,15,26H,4-8,20H2. The van der Waals surface area contributed by atoms with Crippen LogP contribution in [-0.4, -0.2) is 37.8 Å². The van der Waals surface area contributed by atoms with Crippen LogP contribution in [0.5, 0.6) is 5.75 Å². The second kappa shape index (κ2) is 5.78. The summed E-state index contributed by atoms with van der Waals surface area (Å²) in [5, 5.41) is 18.4. The lowest BCUT2D eigenvalue weighted by Gasteiger charge is -2.42. The van der Waals surface area contributed by atoms with E-state index in [1.165, 1.54) is 0 Å². The number of halogens is 1. The van der Waals surface area contributed by atoms with Crippen LogP contribution in [-0.2, 0) is 6.42 Å². The van der Waals surface area contributed by atoms with E-state index in [0.29, 0.717) is 5.75 Å². The van der Waals surface area contributed by atoms with Crippen molar-refractivity contribution < 1.29 is 5.11 Å². The molecule has 3 aromatic rings. The van der Waals surface area contributed by atoms with Crippen LogP contribution in [0.25, 0.3) is 5.65 Å². The SMILES string of the molecule is NC1c2cccc(O)c2CC12CCN(c1ncc(I)c3nncn13)CC2. The number of aromatic hydroxyl groups is 1. The van der Waals surface area contributed by atoms with E-state index in [9.17, 15) is 5.11 Å². The Balaban J connectivity index is 1.43. The summed E-state index contributed by atoms with van der Waals surface area (Å²) in [6.07, 6.45) is 6.37. The Morgan fingerprint density at radius 1 is 1.27 bits per heavy atom. The molecule has 1 saturated heterocycles. The molecule has 0 bridgehead atoms. The van der Waals surface area contributed by atoms with Crippen molar-refractivity contribution in [2.45, 2.75) is 25.3 Å². The summed E-state index contributed by atoms with van der Waals surface area (Å²) in [7, 11) is 0. The second-order valence-corrected chi connectivity index (χ2v) is 8.44. The molecule has 3 heterocycles. The van der Waals surface area contributed by atoms with Gasteiger partial charge in [-0.15, -0.1) is 10.2 Å². The van der Waals surface area contributed by atoms with Crippen LogP contribution < -0.4 is 10.6 Å². The Bertz CT molecular complexity index is 995. The highest BCUT2D eigenvalue weighted by Crippen LogP contribution is 2.52. The van der Waals surface area contributed by atoms with Gasteiger partial charge in [-0.2, -0.15) is 0 Å². The third-order valence-corrected chi connectivity index (χ3v) is 6.78. The first-order valence-corrected chi connectivity index (χ1v) is 9.82. The molecule has 1 fully saturated rings. The number of aromatic nitrogens is 4. The van der Waals surface area contributed by atoms with E-state index in [-0.39, 0.29) is 11.5 Å². The van der Waals surface area contributed by atoms with Gasteiger partial charge in [-0.05, 0) is 64.5 Å². The molecule has 0 saturated carbocycles. The average Bonchev–Trinajstić information content (AvgIpc) is 3.24. The van der Waals surface area contributed by atoms with Gasteiger partial charge in [0.2, 0.25) is 5.95 Å². The van der Waals surface area contributed by atoms with Crippen molar-refractivity contribution in [3.05, 3.63) is 45.4 Å². The largest absolute Gasteiger partial charge is 0.508 e. The first-order valence-electron chi connectivity index (χ1n) is 8.75. The van der Waals surface area contributed by atoms with Crippen LogP contribution >= 0.6 is 22.6 Å². The summed E-state index contributed by atoms with van der Waals surface area (Å²) in [5.74, 6) is 1.26. The molecule has 1 aliphatic carbocycles. The van der Waals surface area contributed by atoms with Crippen molar-refractivity contribution in [1.82, 2.24) is 19.6 Å². The monoisotopic (exact) mass is 462 g/mol. The Hall–Kier alpha value is -1.94. The van der Waals surface area contributed by atoms with Gasteiger partial charge in [-0.25, -0.2) is 4.98 Å². The number of benzene rings is 1. The molecule has 1 aliphatic heterocycles. The molecular formula is C18H19IN6O. The Morgan fingerprint density at radius 3 is 2.85 bits per heavy atom. The zero-order valence-corrected chi connectivity index (χ0v) is 16.3. The molecule has 8 heteroatoms. The lowest BCUT2D eigenvalue weighted by Crippen LogP contribution is -2.45. The number of piperidine rings is 1. The summed E-state index contributed by atoms with van der Waals surface area (Å²) >= 11 is 2.23. The number of rotatable bonds is 1. The van der Waals surface area contributed by atoms with Gasteiger partial charge in [0.05, 0.1) is 3.57 Å². The van der Waals surface area contributed by atoms with E-state index in [1.807, 2.05) is 16.7 Å². The molecule has 1 spiro atoms. The third-order valence-electron chi connectivity index (χ3n) is 6.02. The maximum Gasteiger partial charge on any atom is 0.212 e. The van der Waals surface area contributed by atoms with Crippen molar-refractivity contribution in [2.24, 2.45) is 11.1 Å². The van der Waals surface area contributed by atoms with Crippen molar-refractivity contribution in [3.8, 4) is 5.75 Å². The van der Waals surface area contributed by atoms with Gasteiger partial charge < -0.3 is 15.7 Å². The quantitative estimate of drug-likeness (QED) is 0.540. The Kier molecular flexibility index (Phi) is 3.61. The number of nitrogens with zero attached hydrogens (tertiary/aromatic N) is 5. The molecule has 1 unspecified atom stereocenters. The van der Waals surface area contributed by atoms with Crippen LogP contribution in [0.15, 0.2) is 30.7 Å². The van der Waals surface area contributed by atoms with Gasteiger partial charge >= 0.3 is 0 Å². The first kappa shape index (κ1) is 16.2. The number of nitrogens with two attached hydrogens (primary N) is 1. The van der Waals surface area contributed by atoms with Gasteiger partial charge in [0.25, 0.3) is 0 Å². The van der Waals surface area contributed by atoms with Crippen LogP contribution in [0.1, 0.15) is 30.0 Å². The van der Waals surface area contributed by atoms with E-state index in [1.54, 1.807) is 12.4 Å². The van der Waals surface area contributed by atoms with E-state index < -0.39 is 0 Å². The minimum absolute atomic E-state index is 0.0210. The van der Waals surface area contributed by atoms with Gasteiger partial charge in [0.15, 0.2) is 5.65 Å². The van der Waals surface area contributed by atoms with Crippen molar-refractivity contribution in [2.75, 3.05) is 18.0 Å². The Labute approximate surface area is 164 Å². The van der Waals surface area contributed by atoms with Crippen molar-refractivity contribution >= 4 is 34.2 Å². The number of phenolic OH excluding ortho intramolecular Hbond substituents is 1. The first-order chi connectivity index (χ1) is 12.6. The van der Waals surface area contributed by atoms with Gasteiger partial charge in [0, 0.05) is 25.3 Å². The summed E-state index contributed by atoms with van der Waals surface area (Å²) < 4.78 is 2.94. The highest BCUT2D eigenvalue weighted by molar-refractivity contribution is 14.1. The number of fused-ring (bicyclic) bond motifs is 2. The van der Waals surface area contributed by atoms with Crippen LogP contribution in [0.4, 0.5) is 5.95 Å². The van der Waals surface area contributed by atoms with Gasteiger partial charge in [0.1, 0.15) is 12.1 Å². The van der Waals surface area contributed by atoms with E-state index in [0.717, 1.165) is 58.6 Å². The zero-order chi connectivity index (χ0) is 17.9. The molecule has 134 valence electrons. The molecular weight excluding hydrogens is 443 g/mol. The molecule has 1 atom stereocenters. The molecule has 3 N–H and O–H groups in total. The summed E-state index contributed by atoms with van der Waals surface area (Å²) in [6, 6.07) is 5.69. The molecule has 2 aliphatic rings. The molecule has 26 heavy (non-hydrogen) atoms. The maximum absolute atomic E-state index is 10.2. The van der Waals surface area contributed by atoms with Crippen molar-refractivity contribution in [3.63, 3.8) is 0 Å². The maximum atomic E-state index is 10.2. The van der Waals surface area contributed by atoms with E-state index in [4.69, 9.17) is 5.73 Å². The average molecular weight is 462 g/mol. The van der Waals surface area contributed by atoms with Gasteiger partial charge in [-0.3, -0.25) is 4.40 Å². The summed E-state index contributed by atoms with van der Waals surface area (Å²) in [5.41, 5.74) is 9.62. The lowest BCUT2D eigenvalue weighted by atomic mass is 9.73.